The van der Waals surface area contributed by atoms with Crippen LogP contribution in [0.1, 0.15) is 27.2 Å². The van der Waals surface area contributed by atoms with Gasteiger partial charge in [-0.05, 0) is 11.8 Å². The molecule has 2 heterocycles. The van der Waals surface area contributed by atoms with Crippen LogP contribution in [0.3, 0.4) is 0 Å². The van der Waals surface area contributed by atoms with E-state index in [9.17, 15) is 4.79 Å². The van der Waals surface area contributed by atoms with Crippen LogP contribution in [0.15, 0.2) is 12.2 Å². The van der Waals surface area contributed by atoms with Gasteiger partial charge in [-0.25, -0.2) is 0 Å². The molecule has 2 aliphatic heterocycles. The number of rotatable bonds is 0. The molecular weight excluding hydrogens is 188 g/mol. The number of fused-ring (bicyclic) bond motifs is 1. The van der Waals surface area contributed by atoms with E-state index in [0.29, 0.717) is 0 Å². The van der Waals surface area contributed by atoms with E-state index in [1.165, 1.54) is 0 Å². The highest BCUT2D eigenvalue weighted by Crippen LogP contribution is 2.35. The van der Waals surface area contributed by atoms with E-state index < -0.39 is 0 Å². The van der Waals surface area contributed by atoms with Crippen molar-refractivity contribution >= 4 is 5.91 Å². The van der Waals surface area contributed by atoms with E-state index in [2.05, 4.69) is 37.8 Å². The summed E-state index contributed by atoms with van der Waals surface area (Å²) in [6, 6.07) is 0.0872. The van der Waals surface area contributed by atoms with Crippen LogP contribution in [0, 0.1) is 5.41 Å². The van der Waals surface area contributed by atoms with Crippen LogP contribution < -0.4 is 0 Å². The third kappa shape index (κ3) is 1.59. The number of carbonyl (C=O) groups is 1. The lowest BCUT2D eigenvalue weighted by molar-refractivity contribution is -0.129. The van der Waals surface area contributed by atoms with Crippen LogP contribution in [-0.2, 0) is 4.79 Å². The number of carbonyl (C=O) groups excluding carboxylic acids is 1. The first kappa shape index (κ1) is 10.7. The Morgan fingerprint density at radius 1 is 1.33 bits per heavy atom. The average Bonchev–Trinajstić information content (AvgIpc) is 2.39. The van der Waals surface area contributed by atoms with Gasteiger partial charge >= 0.3 is 0 Å². The highest BCUT2D eigenvalue weighted by Gasteiger charge is 2.48. The Balaban J connectivity index is 2.32. The Hall–Kier alpha value is -0.830. The summed E-state index contributed by atoms with van der Waals surface area (Å²) in [7, 11) is 1.93. The maximum atomic E-state index is 12.0. The molecule has 84 valence electrons. The summed E-state index contributed by atoms with van der Waals surface area (Å²) in [5, 5.41) is 0. The van der Waals surface area contributed by atoms with Gasteiger partial charge in [0.25, 0.3) is 0 Å². The second-order valence-corrected chi connectivity index (χ2v) is 5.61. The van der Waals surface area contributed by atoms with Crippen molar-refractivity contribution in [3.05, 3.63) is 12.2 Å². The van der Waals surface area contributed by atoms with Crippen molar-refractivity contribution in [3.8, 4) is 0 Å². The van der Waals surface area contributed by atoms with Gasteiger partial charge in [0.15, 0.2) is 0 Å². The summed E-state index contributed by atoms with van der Waals surface area (Å²) in [5.74, 6) is 0.277. The van der Waals surface area contributed by atoms with Gasteiger partial charge in [-0.15, -0.1) is 0 Å². The number of hydrogen-bond acceptors (Lipinski definition) is 2. The molecule has 1 amide bonds. The van der Waals surface area contributed by atoms with E-state index >= 15 is 0 Å². The van der Waals surface area contributed by atoms with E-state index in [0.717, 1.165) is 13.0 Å². The summed E-state index contributed by atoms with van der Waals surface area (Å²) in [5.41, 5.74) is 0.115. The second kappa shape index (κ2) is 3.34. The van der Waals surface area contributed by atoms with Crippen LogP contribution in [0.4, 0.5) is 0 Å². The number of amides is 1. The SMILES string of the molecule is CN1C(=O)[C@@H]2CC=CCN2[C@H]1C(C)(C)C. The zero-order chi connectivity index (χ0) is 11.2. The fourth-order valence-electron chi connectivity index (χ4n) is 2.85. The molecule has 3 nitrogen and oxygen atoms in total. The van der Waals surface area contributed by atoms with Gasteiger partial charge in [0.2, 0.25) is 5.91 Å². The number of nitrogens with zero attached hydrogens (tertiary/aromatic N) is 2. The fraction of sp³-hybridized carbons (Fsp3) is 0.750. The van der Waals surface area contributed by atoms with Gasteiger partial charge in [-0.2, -0.15) is 0 Å². The quantitative estimate of drug-likeness (QED) is 0.563. The third-order valence-electron chi connectivity index (χ3n) is 3.33. The molecule has 3 heteroatoms. The van der Waals surface area contributed by atoms with Gasteiger partial charge in [-0.3, -0.25) is 9.69 Å². The minimum Gasteiger partial charge on any atom is -0.328 e. The molecule has 1 fully saturated rings. The molecule has 0 spiro atoms. The molecule has 0 aliphatic carbocycles. The van der Waals surface area contributed by atoms with Crippen molar-refractivity contribution in [1.82, 2.24) is 9.80 Å². The molecule has 2 rings (SSSR count). The first-order valence-electron chi connectivity index (χ1n) is 5.60. The van der Waals surface area contributed by atoms with Gasteiger partial charge < -0.3 is 4.90 Å². The van der Waals surface area contributed by atoms with Gasteiger partial charge in [0.05, 0.1) is 12.2 Å². The first-order valence-corrected chi connectivity index (χ1v) is 5.60. The molecule has 0 radical (unpaired) electrons. The van der Waals surface area contributed by atoms with Crippen molar-refractivity contribution in [2.24, 2.45) is 5.41 Å². The largest absolute Gasteiger partial charge is 0.328 e. The Morgan fingerprint density at radius 3 is 2.60 bits per heavy atom. The Morgan fingerprint density at radius 2 is 2.00 bits per heavy atom. The molecule has 0 aromatic carbocycles. The summed E-state index contributed by atoms with van der Waals surface area (Å²) in [6.07, 6.45) is 5.40. The molecule has 0 aromatic heterocycles. The van der Waals surface area contributed by atoms with Crippen LogP contribution >= 0.6 is 0 Å². The Labute approximate surface area is 91.7 Å². The first-order chi connectivity index (χ1) is 6.93. The monoisotopic (exact) mass is 208 g/mol. The molecule has 2 aliphatic rings. The molecule has 1 saturated heterocycles. The van der Waals surface area contributed by atoms with Crippen LogP contribution in [-0.4, -0.2) is 41.5 Å². The van der Waals surface area contributed by atoms with Crippen molar-refractivity contribution in [2.75, 3.05) is 13.6 Å². The smallest absolute Gasteiger partial charge is 0.241 e. The average molecular weight is 208 g/mol. The maximum Gasteiger partial charge on any atom is 0.241 e. The van der Waals surface area contributed by atoms with Gasteiger partial charge in [0, 0.05) is 13.6 Å². The minimum atomic E-state index is 0.0872. The van der Waals surface area contributed by atoms with Crippen molar-refractivity contribution in [1.29, 1.82) is 0 Å². The normalized spacial score (nSPS) is 32.3. The molecule has 0 aromatic rings. The molecule has 0 unspecified atom stereocenters. The van der Waals surface area contributed by atoms with Gasteiger partial charge in [-0.1, -0.05) is 32.9 Å². The lowest BCUT2D eigenvalue weighted by Gasteiger charge is -2.39. The van der Waals surface area contributed by atoms with Crippen LogP contribution in [0.2, 0.25) is 0 Å². The highest BCUT2D eigenvalue weighted by atomic mass is 16.2. The zero-order valence-corrected chi connectivity index (χ0v) is 10.0. The second-order valence-electron chi connectivity index (χ2n) is 5.61. The predicted molar refractivity (Wildman–Crippen MR) is 60.3 cm³/mol. The molecule has 15 heavy (non-hydrogen) atoms. The molecule has 0 N–H and O–H groups in total. The Bertz CT molecular complexity index is 303. The maximum absolute atomic E-state index is 12.0. The lowest BCUT2D eigenvalue weighted by atomic mass is 9.90. The molecular formula is C12H20N2O. The summed E-state index contributed by atoms with van der Waals surface area (Å²) in [4.78, 5) is 16.3. The van der Waals surface area contributed by atoms with Crippen molar-refractivity contribution in [2.45, 2.75) is 39.4 Å². The minimum absolute atomic E-state index is 0.0872. The number of likely N-dealkylation sites (N-methyl/N-ethyl adjacent to an activating group) is 1. The van der Waals surface area contributed by atoms with E-state index in [4.69, 9.17) is 0 Å². The summed E-state index contributed by atoms with van der Waals surface area (Å²) < 4.78 is 0. The molecule has 2 atom stereocenters. The summed E-state index contributed by atoms with van der Waals surface area (Å²) in [6.45, 7) is 7.50. The molecule has 0 bridgehead atoms. The lowest BCUT2D eigenvalue weighted by Crippen LogP contribution is -2.48. The van der Waals surface area contributed by atoms with Crippen LogP contribution in [0.5, 0.6) is 0 Å². The van der Waals surface area contributed by atoms with Crippen LogP contribution in [0.25, 0.3) is 0 Å². The Kier molecular flexibility index (Phi) is 2.38. The topological polar surface area (TPSA) is 23.6 Å². The predicted octanol–water partition coefficient (Wildman–Crippen LogP) is 1.46. The van der Waals surface area contributed by atoms with E-state index in [-0.39, 0.29) is 23.5 Å². The number of hydrogen-bond donors (Lipinski definition) is 0. The van der Waals surface area contributed by atoms with E-state index in [1.54, 1.807) is 0 Å². The third-order valence-corrected chi connectivity index (χ3v) is 3.33. The van der Waals surface area contributed by atoms with Crippen molar-refractivity contribution in [3.63, 3.8) is 0 Å². The van der Waals surface area contributed by atoms with Crippen molar-refractivity contribution < 1.29 is 4.79 Å². The zero-order valence-electron chi connectivity index (χ0n) is 10.0. The van der Waals surface area contributed by atoms with E-state index in [1.807, 2.05) is 11.9 Å². The summed E-state index contributed by atoms with van der Waals surface area (Å²) >= 11 is 0. The fourth-order valence-corrected chi connectivity index (χ4v) is 2.85. The standard InChI is InChI=1S/C12H20N2O/c1-12(2,3)11-13(4)10(15)9-7-5-6-8-14(9)11/h5-6,9,11H,7-8H2,1-4H3/t9-,11-/m0/s1. The molecule has 0 saturated carbocycles. The highest BCUT2D eigenvalue weighted by molar-refractivity contribution is 5.84. The van der Waals surface area contributed by atoms with Gasteiger partial charge in [0.1, 0.15) is 0 Å².